The van der Waals surface area contributed by atoms with Crippen LogP contribution in [-0.2, 0) is 20.6 Å². The van der Waals surface area contributed by atoms with E-state index in [4.69, 9.17) is 0 Å². The van der Waals surface area contributed by atoms with Crippen LogP contribution in [0.5, 0.6) is 0 Å². The first-order valence-electron chi connectivity index (χ1n) is 10.1. The van der Waals surface area contributed by atoms with Gasteiger partial charge >= 0.3 is 0 Å². The Labute approximate surface area is 168 Å². The third-order valence-electron chi connectivity index (χ3n) is 5.98. The highest BCUT2D eigenvalue weighted by atomic mass is 32.2. The minimum atomic E-state index is -3.39. The Morgan fingerprint density at radius 2 is 1.93 bits per heavy atom. The summed E-state index contributed by atoms with van der Waals surface area (Å²) in [6, 6.07) is 11.5. The van der Waals surface area contributed by atoms with Gasteiger partial charge in [-0.25, -0.2) is 12.7 Å². The fraction of sp³-hybridized carbons (Fsp3) is 0.619. The third kappa shape index (κ3) is 4.92. The van der Waals surface area contributed by atoms with E-state index in [0.717, 1.165) is 18.4 Å². The molecule has 1 aliphatic carbocycles. The molecule has 0 bridgehead atoms. The van der Waals surface area contributed by atoms with Crippen LogP contribution in [0.15, 0.2) is 30.3 Å². The predicted octanol–water partition coefficient (Wildman–Crippen LogP) is 2.82. The van der Waals surface area contributed by atoms with Crippen molar-refractivity contribution in [3.8, 4) is 6.07 Å². The Morgan fingerprint density at radius 3 is 2.54 bits per heavy atom. The highest BCUT2D eigenvalue weighted by molar-refractivity contribution is 7.88. The molecule has 1 amide bonds. The average Bonchev–Trinajstić information content (AvgIpc) is 2.68. The van der Waals surface area contributed by atoms with Crippen LogP contribution in [0, 0.1) is 23.2 Å². The number of sulfonamides is 1. The van der Waals surface area contributed by atoms with E-state index in [2.05, 4.69) is 18.3 Å². The second-order valence-electron chi connectivity index (χ2n) is 8.30. The molecule has 1 saturated heterocycles. The van der Waals surface area contributed by atoms with Gasteiger partial charge in [-0.05, 0) is 43.6 Å². The van der Waals surface area contributed by atoms with Gasteiger partial charge in [-0.3, -0.25) is 4.79 Å². The molecular formula is C21H29N3O3S. The maximum absolute atomic E-state index is 12.8. The number of nitrogens with zero attached hydrogens (tertiary/aromatic N) is 2. The summed E-state index contributed by atoms with van der Waals surface area (Å²) >= 11 is 0. The van der Waals surface area contributed by atoms with Gasteiger partial charge in [-0.15, -0.1) is 0 Å². The lowest BCUT2D eigenvalue weighted by atomic mass is 9.77. The zero-order chi connectivity index (χ0) is 20.2. The number of hydrogen-bond acceptors (Lipinski definition) is 4. The van der Waals surface area contributed by atoms with Gasteiger partial charge in [-0.1, -0.05) is 43.7 Å². The van der Waals surface area contributed by atoms with Crippen molar-refractivity contribution in [2.45, 2.75) is 56.7 Å². The predicted molar refractivity (Wildman–Crippen MR) is 107 cm³/mol. The maximum atomic E-state index is 12.8. The average molecular weight is 404 g/mol. The minimum Gasteiger partial charge on any atom is -0.338 e. The summed E-state index contributed by atoms with van der Waals surface area (Å²) in [5.41, 5.74) is 0.00962. The second kappa shape index (κ2) is 8.62. The Morgan fingerprint density at radius 1 is 1.25 bits per heavy atom. The van der Waals surface area contributed by atoms with Crippen molar-refractivity contribution in [2.75, 3.05) is 13.1 Å². The monoisotopic (exact) mass is 403 g/mol. The van der Waals surface area contributed by atoms with Crippen molar-refractivity contribution in [1.82, 2.24) is 9.62 Å². The van der Waals surface area contributed by atoms with E-state index in [0.29, 0.717) is 44.7 Å². The molecule has 1 heterocycles. The van der Waals surface area contributed by atoms with Crippen molar-refractivity contribution in [2.24, 2.45) is 11.8 Å². The normalized spacial score (nSPS) is 27.1. The van der Waals surface area contributed by atoms with Gasteiger partial charge in [-0.2, -0.15) is 5.26 Å². The molecular weight excluding hydrogens is 374 g/mol. The Hall–Kier alpha value is -1.91. The number of benzene rings is 1. The molecule has 28 heavy (non-hydrogen) atoms. The van der Waals surface area contributed by atoms with Crippen LogP contribution in [0.3, 0.4) is 0 Å². The zero-order valence-electron chi connectivity index (χ0n) is 16.4. The summed E-state index contributed by atoms with van der Waals surface area (Å²) in [7, 11) is -3.39. The van der Waals surface area contributed by atoms with Crippen molar-refractivity contribution in [1.29, 1.82) is 5.26 Å². The van der Waals surface area contributed by atoms with Gasteiger partial charge in [0.1, 0.15) is 5.54 Å². The van der Waals surface area contributed by atoms with E-state index in [1.165, 1.54) is 4.31 Å². The molecule has 2 unspecified atom stereocenters. The number of carbonyl (C=O) groups is 1. The van der Waals surface area contributed by atoms with Gasteiger partial charge in [0.2, 0.25) is 15.9 Å². The molecule has 6 nitrogen and oxygen atoms in total. The van der Waals surface area contributed by atoms with E-state index in [1.54, 1.807) is 0 Å². The number of rotatable bonds is 5. The summed E-state index contributed by atoms with van der Waals surface area (Å²) in [4.78, 5) is 12.8. The molecule has 1 aromatic carbocycles. The van der Waals surface area contributed by atoms with Gasteiger partial charge in [0.25, 0.3) is 0 Å². The van der Waals surface area contributed by atoms with Crippen LogP contribution < -0.4 is 5.32 Å². The number of carbonyl (C=O) groups excluding carboxylic acids is 1. The summed E-state index contributed by atoms with van der Waals surface area (Å²) in [5.74, 6) is 0.0835. The SMILES string of the molecule is CC1CCCC(C#N)(NC(=O)C2CCN(S(=O)(=O)Cc3ccccc3)CC2)C1. The molecule has 1 saturated carbocycles. The van der Waals surface area contributed by atoms with Crippen molar-refractivity contribution >= 4 is 15.9 Å². The number of nitrogens with one attached hydrogen (secondary N) is 1. The van der Waals surface area contributed by atoms with E-state index in [-0.39, 0.29) is 17.6 Å². The first-order valence-corrected chi connectivity index (χ1v) is 11.7. The molecule has 0 aromatic heterocycles. The lowest BCUT2D eigenvalue weighted by Crippen LogP contribution is -2.53. The molecule has 7 heteroatoms. The van der Waals surface area contributed by atoms with Crippen LogP contribution in [0.2, 0.25) is 0 Å². The quantitative estimate of drug-likeness (QED) is 0.818. The van der Waals surface area contributed by atoms with Crippen LogP contribution in [0.1, 0.15) is 51.0 Å². The Balaban J connectivity index is 1.56. The molecule has 2 fully saturated rings. The minimum absolute atomic E-state index is 0.0138. The number of amides is 1. The van der Waals surface area contributed by atoms with E-state index >= 15 is 0 Å². The summed E-state index contributed by atoms with van der Waals surface area (Å²) in [6.07, 6.45) is 4.43. The van der Waals surface area contributed by atoms with Crippen molar-refractivity contribution < 1.29 is 13.2 Å². The topological polar surface area (TPSA) is 90.3 Å². The molecule has 1 aliphatic heterocycles. The molecule has 1 N–H and O–H groups in total. The molecule has 0 radical (unpaired) electrons. The maximum Gasteiger partial charge on any atom is 0.224 e. The smallest absolute Gasteiger partial charge is 0.224 e. The summed E-state index contributed by atoms with van der Waals surface area (Å²) < 4.78 is 26.8. The number of piperidine rings is 1. The van der Waals surface area contributed by atoms with Crippen LogP contribution in [0.25, 0.3) is 0 Å². The fourth-order valence-electron chi connectivity index (χ4n) is 4.40. The zero-order valence-corrected chi connectivity index (χ0v) is 17.2. The molecule has 152 valence electrons. The highest BCUT2D eigenvalue weighted by Crippen LogP contribution is 2.32. The van der Waals surface area contributed by atoms with Crippen molar-refractivity contribution in [3.05, 3.63) is 35.9 Å². The van der Waals surface area contributed by atoms with Crippen LogP contribution in [0.4, 0.5) is 0 Å². The lowest BCUT2D eigenvalue weighted by molar-refractivity contribution is -0.128. The second-order valence-corrected chi connectivity index (χ2v) is 10.3. The highest BCUT2D eigenvalue weighted by Gasteiger charge is 2.39. The lowest BCUT2D eigenvalue weighted by Gasteiger charge is -2.37. The standard InChI is InChI=1S/C21H29N3O3S/c1-17-6-5-11-21(14-17,16-22)23-20(25)19-9-12-24(13-10-19)28(26,27)15-18-7-3-2-4-8-18/h2-4,7-8,17,19H,5-6,9-15H2,1H3,(H,23,25). The Bertz CT molecular complexity index is 826. The number of hydrogen-bond donors (Lipinski definition) is 1. The molecule has 0 spiro atoms. The third-order valence-corrected chi connectivity index (χ3v) is 7.83. The first-order chi connectivity index (χ1) is 13.3. The summed E-state index contributed by atoms with van der Waals surface area (Å²) in [5, 5.41) is 12.7. The Kier molecular flexibility index (Phi) is 6.41. The van der Waals surface area contributed by atoms with E-state index < -0.39 is 15.6 Å². The summed E-state index contributed by atoms with van der Waals surface area (Å²) in [6.45, 7) is 2.82. The van der Waals surface area contributed by atoms with Gasteiger partial charge in [0.05, 0.1) is 11.8 Å². The molecule has 2 aliphatic rings. The van der Waals surface area contributed by atoms with Crippen molar-refractivity contribution in [3.63, 3.8) is 0 Å². The fourth-order valence-corrected chi connectivity index (χ4v) is 5.97. The van der Waals surface area contributed by atoms with Crippen LogP contribution in [-0.4, -0.2) is 37.3 Å². The van der Waals surface area contributed by atoms with E-state index in [9.17, 15) is 18.5 Å². The molecule has 1 aromatic rings. The van der Waals surface area contributed by atoms with Gasteiger partial charge in [0, 0.05) is 19.0 Å². The largest absolute Gasteiger partial charge is 0.338 e. The first kappa shape index (κ1) is 20.8. The molecule has 3 rings (SSSR count). The number of nitriles is 1. The van der Waals surface area contributed by atoms with Crippen LogP contribution >= 0.6 is 0 Å². The van der Waals surface area contributed by atoms with E-state index in [1.807, 2.05) is 30.3 Å². The van der Waals surface area contributed by atoms with Gasteiger partial charge < -0.3 is 5.32 Å². The molecule has 2 atom stereocenters. The van der Waals surface area contributed by atoms with Gasteiger partial charge in [0.15, 0.2) is 0 Å².